The van der Waals surface area contributed by atoms with Gasteiger partial charge in [0.15, 0.2) is 0 Å². The maximum absolute atomic E-state index is 12.4. The van der Waals surface area contributed by atoms with Gasteiger partial charge in [-0.3, -0.25) is 9.59 Å². The zero-order chi connectivity index (χ0) is 21.5. The van der Waals surface area contributed by atoms with Crippen LogP contribution in [0.5, 0.6) is 0 Å². The summed E-state index contributed by atoms with van der Waals surface area (Å²) in [4.78, 5) is 40.2. The van der Waals surface area contributed by atoms with Gasteiger partial charge in [-0.25, -0.2) is 9.78 Å². The van der Waals surface area contributed by atoms with Crippen LogP contribution in [0, 0.1) is 6.92 Å². The number of nitrogens with one attached hydrogen (secondary N) is 1. The molecular weight excluding hydrogens is 382 g/mol. The normalized spacial score (nSPS) is 10.5. The Labute approximate surface area is 174 Å². The van der Waals surface area contributed by atoms with Crippen molar-refractivity contribution < 1.29 is 14.3 Å². The molecule has 0 spiro atoms. The molecule has 0 saturated heterocycles. The second-order valence-electron chi connectivity index (χ2n) is 6.72. The number of aromatic nitrogens is 2. The molecule has 0 unspecified atom stereocenters. The molecule has 0 radical (unpaired) electrons. The molecule has 0 fully saturated rings. The van der Waals surface area contributed by atoms with Crippen molar-refractivity contribution >= 4 is 11.9 Å². The van der Waals surface area contributed by atoms with Gasteiger partial charge in [0, 0.05) is 18.8 Å². The van der Waals surface area contributed by atoms with E-state index in [1.54, 1.807) is 36.7 Å². The van der Waals surface area contributed by atoms with Gasteiger partial charge in [-0.05, 0) is 43.2 Å². The number of aryl methyl sites for hydroxylation is 1. The number of hydrogen-bond acceptors (Lipinski definition) is 5. The molecule has 154 valence electrons. The van der Waals surface area contributed by atoms with Crippen molar-refractivity contribution in [1.29, 1.82) is 0 Å². The van der Waals surface area contributed by atoms with E-state index in [2.05, 4.69) is 10.3 Å². The SMILES string of the molecule is CCOC(=O)c1ccc(C(=O)NCc2ccc(Cn3ccccc3=O)cc2)nc1C. The average Bonchev–Trinajstić information content (AvgIpc) is 2.74. The van der Waals surface area contributed by atoms with Crippen molar-refractivity contribution in [2.24, 2.45) is 0 Å². The highest BCUT2D eigenvalue weighted by molar-refractivity contribution is 5.95. The molecule has 1 N–H and O–H groups in total. The van der Waals surface area contributed by atoms with E-state index in [1.807, 2.05) is 30.3 Å². The molecule has 2 aromatic heterocycles. The lowest BCUT2D eigenvalue weighted by atomic mass is 10.1. The molecule has 3 rings (SSSR count). The zero-order valence-corrected chi connectivity index (χ0v) is 16.9. The van der Waals surface area contributed by atoms with Gasteiger partial charge >= 0.3 is 5.97 Å². The first-order chi connectivity index (χ1) is 14.5. The van der Waals surface area contributed by atoms with Crippen molar-refractivity contribution in [3.05, 3.63) is 99.2 Å². The lowest BCUT2D eigenvalue weighted by Gasteiger charge is -2.09. The number of esters is 1. The van der Waals surface area contributed by atoms with Crippen LogP contribution in [0.4, 0.5) is 0 Å². The van der Waals surface area contributed by atoms with E-state index in [1.165, 1.54) is 12.1 Å². The molecule has 0 aliphatic carbocycles. The smallest absolute Gasteiger partial charge is 0.339 e. The highest BCUT2D eigenvalue weighted by Crippen LogP contribution is 2.10. The van der Waals surface area contributed by atoms with Crippen LogP contribution in [0.25, 0.3) is 0 Å². The third-order valence-corrected chi connectivity index (χ3v) is 4.54. The number of ether oxygens (including phenoxy) is 1. The first-order valence-electron chi connectivity index (χ1n) is 9.64. The molecule has 7 heteroatoms. The molecule has 7 nitrogen and oxygen atoms in total. The molecule has 0 bridgehead atoms. The molecule has 0 aliphatic rings. The molecule has 30 heavy (non-hydrogen) atoms. The van der Waals surface area contributed by atoms with Crippen molar-refractivity contribution in [2.75, 3.05) is 6.61 Å². The summed E-state index contributed by atoms with van der Waals surface area (Å²) in [5.41, 5.74) is 2.90. The summed E-state index contributed by atoms with van der Waals surface area (Å²) in [6.45, 7) is 4.50. The Kier molecular flexibility index (Phi) is 6.75. The summed E-state index contributed by atoms with van der Waals surface area (Å²) < 4.78 is 6.60. The monoisotopic (exact) mass is 405 g/mol. The number of hydrogen-bond donors (Lipinski definition) is 1. The van der Waals surface area contributed by atoms with Crippen LogP contribution in [0.15, 0.2) is 65.6 Å². The number of pyridine rings is 2. The van der Waals surface area contributed by atoms with Gasteiger partial charge < -0.3 is 14.6 Å². The zero-order valence-electron chi connectivity index (χ0n) is 16.9. The largest absolute Gasteiger partial charge is 0.462 e. The Balaban J connectivity index is 1.59. The van der Waals surface area contributed by atoms with Crippen molar-refractivity contribution in [3.63, 3.8) is 0 Å². The Morgan fingerprint density at radius 1 is 1.03 bits per heavy atom. The van der Waals surface area contributed by atoms with Crippen molar-refractivity contribution in [3.8, 4) is 0 Å². The van der Waals surface area contributed by atoms with Crippen LogP contribution in [0.2, 0.25) is 0 Å². The average molecular weight is 405 g/mol. The van der Waals surface area contributed by atoms with Crippen molar-refractivity contribution in [2.45, 2.75) is 26.9 Å². The summed E-state index contributed by atoms with van der Waals surface area (Å²) in [5.74, 6) is -0.777. The lowest BCUT2D eigenvalue weighted by Crippen LogP contribution is -2.24. The molecular formula is C23H23N3O4. The van der Waals surface area contributed by atoms with E-state index >= 15 is 0 Å². The Hall–Kier alpha value is -3.74. The van der Waals surface area contributed by atoms with E-state index < -0.39 is 5.97 Å². The Morgan fingerprint density at radius 3 is 2.43 bits per heavy atom. The lowest BCUT2D eigenvalue weighted by molar-refractivity contribution is 0.0524. The first-order valence-corrected chi connectivity index (χ1v) is 9.64. The Bertz CT molecular complexity index is 1100. The maximum atomic E-state index is 12.4. The van der Waals surface area contributed by atoms with E-state index in [4.69, 9.17) is 4.74 Å². The predicted molar refractivity (Wildman–Crippen MR) is 112 cm³/mol. The van der Waals surface area contributed by atoms with E-state index in [-0.39, 0.29) is 23.8 Å². The van der Waals surface area contributed by atoms with Gasteiger partial charge in [-0.1, -0.05) is 30.3 Å². The summed E-state index contributed by atoms with van der Waals surface area (Å²) >= 11 is 0. The Morgan fingerprint density at radius 2 is 1.77 bits per heavy atom. The van der Waals surface area contributed by atoms with Gasteiger partial charge in [0.1, 0.15) is 5.69 Å². The van der Waals surface area contributed by atoms with Crippen LogP contribution in [0.3, 0.4) is 0 Å². The minimum atomic E-state index is -0.452. The number of amides is 1. The topological polar surface area (TPSA) is 90.3 Å². The fourth-order valence-corrected chi connectivity index (χ4v) is 2.94. The van der Waals surface area contributed by atoms with Gasteiger partial charge in [0.2, 0.25) is 0 Å². The minimum Gasteiger partial charge on any atom is -0.462 e. The molecule has 0 atom stereocenters. The van der Waals surface area contributed by atoms with Crippen LogP contribution in [-0.2, 0) is 17.8 Å². The second-order valence-corrected chi connectivity index (χ2v) is 6.72. The fraction of sp³-hybridized carbons (Fsp3) is 0.217. The van der Waals surface area contributed by atoms with Gasteiger partial charge in [-0.2, -0.15) is 0 Å². The minimum absolute atomic E-state index is 0.0504. The number of nitrogens with zero attached hydrogens (tertiary/aromatic N) is 2. The molecule has 0 saturated carbocycles. The molecule has 1 amide bonds. The number of carbonyl (C=O) groups excluding carboxylic acids is 2. The number of rotatable bonds is 7. The number of carbonyl (C=O) groups is 2. The third kappa shape index (κ3) is 5.20. The predicted octanol–water partition coefficient (Wildman–Crippen LogP) is 2.71. The van der Waals surface area contributed by atoms with Crippen molar-refractivity contribution in [1.82, 2.24) is 14.9 Å². The van der Waals surface area contributed by atoms with E-state index in [0.29, 0.717) is 24.3 Å². The van der Waals surface area contributed by atoms with Gasteiger partial charge in [0.25, 0.3) is 11.5 Å². The maximum Gasteiger partial charge on any atom is 0.339 e. The van der Waals surface area contributed by atoms with Crippen LogP contribution in [-0.4, -0.2) is 28.0 Å². The molecule has 0 aliphatic heterocycles. The van der Waals surface area contributed by atoms with Gasteiger partial charge in [-0.15, -0.1) is 0 Å². The third-order valence-electron chi connectivity index (χ3n) is 4.54. The number of benzene rings is 1. The van der Waals surface area contributed by atoms with Crippen LogP contribution >= 0.6 is 0 Å². The molecule has 1 aromatic carbocycles. The van der Waals surface area contributed by atoms with E-state index in [9.17, 15) is 14.4 Å². The summed E-state index contributed by atoms with van der Waals surface area (Å²) in [7, 11) is 0. The molecule has 3 aromatic rings. The molecule has 2 heterocycles. The quantitative estimate of drug-likeness (QED) is 0.611. The summed E-state index contributed by atoms with van der Waals surface area (Å²) in [5, 5.41) is 2.82. The van der Waals surface area contributed by atoms with Crippen LogP contribution < -0.4 is 10.9 Å². The summed E-state index contributed by atoms with van der Waals surface area (Å²) in [6, 6.07) is 15.8. The fourth-order valence-electron chi connectivity index (χ4n) is 2.94. The first kappa shape index (κ1) is 21.0. The van der Waals surface area contributed by atoms with E-state index in [0.717, 1.165) is 11.1 Å². The van der Waals surface area contributed by atoms with Gasteiger partial charge in [0.05, 0.1) is 24.4 Å². The highest BCUT2D eigenvalue weighted by atomic mass is 16.5. The second kappa shape index (κ2) is 9.65. The van der Waals surface area contributed by atoms with Crippen LogP contribution in [0.1, 0.15) is 44.6 Å². The standard InChI is InChI=1S/C23H23N3O4/c1-3-30-23(29)19-11-12-20(25-16(19)2)22(28)24-14-17-7-9-18(10-8-17)15-26-13-5-4-6-21(26)27/h4-13H,3,14-15H2,1-2H3,(H,24,28). The highest BCUT2D eigenvalue weighted by Gasteiger charge is 2.14. The summed E-state index contributed by atoms with van der Waals surface area (Å²) in [6.07, 6.45) is 1.75.